The number of aromatic nitrogens is 1. The molecule has 0 unspecified atom stereocenters. The highest BCUT2D eigenvalue weighted by Gasteiger charge is 2.16. The first-order chi connectivity index (χ1) is 13.0. The van der Waals surface area contributed by atoms with Gasteiger partial charge in [-0.2, -0.15) is 4.99 Å². The van der Waals surface area contributed by atoms with E-state index >= 15 is 0 Å². The summed E-state index contributed by atoms with van der Waals surface area (Å²) in [7, 11) is 1.57. The van der Waals surface area contributed by atoms with Crippen molar-refractivity contribution in [2.75, 3.05) is 13.7 Å². The smallest absolute Gasteiger partial charge is 0.326 e. The number of esters is 1. The maximum atomic E-state index is 12.7. The number of rotatable bonds is 5. The zero-order chi connectivity index (χ0) is 19.4. The number of hydrogen-bond acceptors (Lipinski definition) is 5. The molecule has 7 heteroatoms. The van der Waals surface area contributed by atoms with Crippen LogP contribution in [0.25, 0.3) is 10.2 Å². The molecule has 0 radical (unpaired) electrons. The quantitative estimate of drug-likeness (QED) is 0.633. The number of para-hydroxylation sites is 1. The van der Waals surface area contributed by atoms with Gasteiger partial charge in [-0.05, 0) is 37.6 Å². The molecule has 0 fully saturated rings. The van der Waals surface area contributed by atoms with E-state index in [-0.39, 0.29) is 19.1 Å². The number of carbonyl (C=O) groups is 2. The average molecular weight is 384 g/mol. The lowest BCUT2D eigenvalue weighted by atomic mass is 10.1. The summed E-state index contributed by atoms with van der Waals surface area (Å²) in [6.45, 7) is 3.85. The predicted molar refractivity (Wildman–Crippen MR) is 104 cm³/mol. The second-order valence-corrected chi connectivity index (χ2v) is 6.82. The van der Waals surface area contributed by atoms with Crippen LogP contribution in [0.5, 0.6) is 5.75 Å². The number of nitrogens with zero attached hydrogens (tertiary/aromatic N) is 2. The fourth-order valence-electron chi connectivity index (χ4n) is 2.79. The molecule has 1 amide bonds. The molecular formula is C20H20N2O4S. The maximum Gasteiger partial charge on any atom is 0.326 e. The molecule has 0 aliphatic carbocycles. The fraction of sp³-hybridized carbons (Fsp3) is 0.250. The third kappa shape index (κ3) is 3.93. The summed E-state index contributed by atoms with van der Waals surface area (Å²) in [5.41, 5.74) is 2.10. The van der Waals surface area contributed by atoms with E-state index in [2.05, 4.69) is 4.99 Å². The second-order valence-electron chi connectivity index (χ2n) is 5.81. The van der Waals surface area contributed by atoms with Crippen LogP contribution < -0.4 is 9.54 Å². The predicted octanol–water partition coefficient (Wildman–Crippen LogP) is 3.32. The Labute approximate surface area is 160 Å². The van der Waals surface area contributed by atoms with Gasteiger partial charge in [-0.15, -0.1) is 0 Å². The summed E-state index contributed by atoms with van der Waals surface area (Å²) in [6.07, 6.45) is 0. The fourth-order valence-corrected chi connectivity index (χ4v) is 3.84. The van der Waals surface area contributed by atoms with Crippen LogP contribution in [-0.2, 0) is 16.1 Å². The van der Waals surface area contributed by atoms with Crippen molar-refractivity contribution in [2.24, 2.45) is 4.99 Å². The van der Waals surface area contributed by atoms with E-state index in [1.165, 1.54) is 11.3 Å². The highest BCUT2D eigenvalue weighted by molar-refractivity contribution is 7.16. The van der Waals surface area contributed by atoms with Crippen LogP contribution in [0.1, 0.15) is 22.8 Å². The summed E-state index contributed by atoms with van der Waals surface area (Å²) >= 11 is 1.33. The topological polar surface area (TPSA) is 69.9 Å². The van der Waals surface area contributed by atoms with Gasteiger partial charge < -0.3 is 14.0 Å². The molecule has 2 aromatic carbocycles. The van der Waals surface area contributed by atoms with Crippen LogP contribution in [0.3, 0.4) is 0 Å². The second kappa shape index (κ2) is 8.18. The Morgan fingerprint density at radius 2 is 1.93 bits per heavy atom. The van der Waals surface area contributed by atoms with Crippen molar-refractivity contribution in [1.82, 2.24) is 4.57 Å². The molecule has 6 nitrogen and oxygen atoms in total. The van der Waals surface area contributed by atoms with Gasteiger partial charge in [0.2, 0.25) is 0 Å². The molecule has 140 valence electrons. The lowest BCUT2D eigenvalue weighted by Crippen LogP contribution is -2.23. The van der Waals surface area contributed by atoms with Gasteiger partial charge in [0.05, 0.1) is 18.4 Å². The molecule has 0 aliphatic heterocycles. The summed E-state index contributed by atoms with van der Waals surface area (Å²) in [5, 5.41) is 0. The largest absolute Gasteiger partial charge is 0.495 e. The van der Waals surface area contributed by atoms with E-state index in [1.54, 1.807) is 30.7 Å². The Hall–Kier alpha value is -2.93. The first-order valence-corrected chi connectivity index (χ1v) is 9.33. The van der Waals surface area contributed by atoms with E-state index in [9.17, 15) is 9.59 Å². The zero-order valence-corrected chi connectivity index (χ0v) is 16.2. The number of thiazole rings is 1. The van der Waals surface area contributed by atoms with E-state index in [0.717, 1.165) is 15.8 Å². The number of hydrogen-bond donors (Lipinski definition) is 0. The Kier molecular flexibility index (Phi) is 5.71. The first-order valence-electron chi connectivity index (χ1n) is 8.51. The monoisotopic (exact) mass is 384 g/mol. The van der Waals surface area contributed by atoms with Gasteiger partial charge in [0, 0.05) is 5.56 Å². The van der Waals surface area contributed by atoms with Crippen molar-refractivity contribution < 1.29 is 19.1 Å². The molecule has 0 bridgehead atoms. The molecule has 1 heterocycles. The normalized spacial score (nSPS) is 11.6. The van der Waals surface area contributed by atoms with Crippen molar-refractivity contribution in [1.29, 1.82) is 0 Å². The van der Waals surface area contributed by atoms with Crippen molar-refractivity contribution in [3.05, 3.63) is 58.4 Å². The van der Waals surface area contributed by atoms with E-state index in [0.29, 0.717) is 16.1 Å². The molecule has 27 heavy (non-hydrogen) atoms. The minimum atomic E-state index is -0.395. The molecule has 0 N–H and O–H groups in total. The molecule has 0 aliphatic rings. The van der Waals surface area contributed by atoms with E-state index < -0.39 is 5.97 Å². The van der Waals surface area contributed by atoms with Crippen LogP contribution in [0.4, 0.5) is 0 Å². The van der Waals surface area contributed by atoms with Crippen LogP contribution in [0.2, 0.25) is 0 Å². The highest BCUT2D eigenvalue weighted by atomic mass is 32.1. The first kappa shape index (κ1) is 18.8. The Morgan fingerprint density at radius 1 is 1.15 bits per heavy atom. The number of carbonyl (C=O) groups excluding carboxylic acids is 2. The number of fused-ring (bicyclic) bond motifs is 1. The number of aryl methyl sites for hydroxylation is 1. The Bertz CT molecular complexity index is 1070. The Balaban J connectivity index is 2.18. The zero-order valence-electron chi connectivity index (χ0n) is 15.4. The summed E-state index contributed by atoms with van der Waals surface area (Å²) < 4.78 is 13.1. The average Bonchev–Trinajstić information content (AvgIpc) is 2.99. The Morgan fingerprint density at radius 3 is 2.63 bits per heavy atom. The summed E-state index contributed by atoms with van der Waals surface area (Å²) in [6, 6.07) is 12.9. The summed E-state index contributed by atoms with van der Waals surface area (Å²) in [4.78, 5) is 29.5. The number of benzene rings is 2. The minimum absolute atomic E-state index is 0.0475. The third-order valence-electron chi connectivity index (χ3n) is 4.05. The maximum absolute atomic E-state index is 12.7. The van der Waals surface area contributed by atoms with Gasteiger partial charge in [-0.1, -0.05) is 35.6 Å². The molecule has 0 saturated carbocycles. The van der Waals surface area contributed by atoms with Crippen LogP contribution in [-0.4, -0.2) is 30.2 Å². The minimum Gasteiger partial charge on any atom is -0.495 e. The highest BCUT2D eigenvalue weighted by Crippen LogP contribution is 2.27. The standard InChI is InChI=1S/C20H20N2O4S/c1-4-26-17(23)12-22-18-15(25-3)10-7-11-16(18)27-20(22)21-19(24)14-9-6-5-8-13(14)2/h5-11H,4,12H2,1-3H3. The van der Waals surface area contributed by atoms with Crippen molar-refractivity contribution in [2.45, 2.75) is 20.4 Å². The molecular weight excluding hydrogens is 364 g/mol. The van der Waals surface area contributed by atoms with Gasteiger partial charge in [-0.3, -0.25) is 9.59 Å². The van der Waals surface area contributed by atoms with Crippen molar-refractivity contribution >= 4 is 33.4 Å². The van der Waals surface area contributed by atoms with E-state index in [1.807, 2.05) is 37.3 Å². The van der Waals surface area contributed by atoms with Crippen LogP contribution in [0.15, 0.2) is 47.5 Å². The SMILES string of the molecule is CCOC(=O)Cn1c(=NC(=O)c2ccccc2C)sc2cccc(OC)c21. The van der Waals surface area contributed by atoms with Gasteiger partial charge in [0.15, 0.2) is 4.80 Å². The molecule has 0 spiro atoms. The number of amides is 1. The van der Waals surface area contributed by atoms with Gasteiger partial charge >= 0.3 is 5.97 Å². The van der Waals surface area contributed by atoms with Gasteiger partial charge in [-0.25, -0.2) is 0 Å². The number of ether oxygens (including phenoxy) is 2. The third-order valence-corrected chi connectivity index (χ3v) is 5.09. The van der Waals surface area contributed by atoms with Gasteiger partial charge in [0.1, 0.15) is 17.8 Å². The molecule has 0 atom stereocenters. The van der Waals surface area contributed by atoms with Gasteiger partial charge in [0.25, 0.3) is 5.91 Å². The van der Waals surface area contributed by atoms with Crippen LogP contribution in [0, 0.1) is 6.92 Å². The summed E-state index contributed by atoms with van der Waals surface area (Å²) in [5.74, 6) is -0.137. The molecule has 0 saturated heterocycles. The molecule has 3 rings (SSSR count). The van der Waals surface area contributed by atoms with Crippen molar-refractivity contribution in [3.63, 3.8) is 0 Å². The molecule has 3 aromatic rings. The lowest BCUT2D eigenvalue weighted by molar-refractivity contribution is -0.143. The van der Waals surface area contributed by atoms with Crippen LogP contribution >= 0.6 is 11.3 Å². The number of methoxy groups -OCH3 is 1. The lowest BCUT2D eigenvalue weighted by Gasteiger charge is -2.08. The van der Waals surface area contributed by atoms with Crippen molar-refractivity contribution in [3.8, 4) is 5.75 Å². The van der Waals surface area contributed by atoms with E-state index in [4.69, 9.17) is 9.47 Å². The molecule has 1 aromatic heterocycles.